The van der Waals surface area contributed by atoms with Gasteiger partial charge in [-0.1, -0.05) is 11.6 Å². The summed E-state index contributed by atoms with van der Waals surface area (Å²) in [5, 5.41) is 7.03. The van der Waals surface area contributed by atoms with Crippen LogP contribution in [0.15, 0.2) is 10.6 Å². The monoisotopic (exact) mass is 436 g/mol. The van der Waals surface area contributed by atoms with Crippen LogP contribution in [0.5, 0.6) is 0 Å². The Morgan fingerprint density at radius 2 is 1.80 bits per heavy atom. The minimum atomic E-state index is -3.28. The molecule has 1 aliphatic carbocycles. The molecule has 8 nitrogen and oxygen atoms in total. The molecule has 1 aromatic rings. The molecule has 2 unspecified atom stereocenters. The molecule has 0 aromatic carbocycles. The molecule has 0 radical (unpaired) electrons. The summed E-state index contributed by atoms with van der Waals surface area (Å²) in [5.74, 6) is 1.22. The Labute approximate surface area is 178 Å². The van der Waals surface area contributed by atoms with Crippen LogP contribution in [0.4, 0.5) is 0 Å². The molecule has 2 bridgehead atoms. The average Bonchev–Trinajstić information content (AvgIpc) is 3.22. The first-order chi connectivity index (χ1) is 14.5. The number of rotatable bonds is 7. The van der Waals surface area contributed by atoms with Gasteiger partial charge in [0.15, 0.2) is 5.69 Å². The number of hydrogen-bond acceptors (Lipinski definition) is 6. The van der Waals surface area contributed by atoms with Gasteiger partial charge < -0.3 is 14.7 Å². The van der Waals surface area contributed by atoms with Gasteiger partial charge >= 0.3 is 0 Å². The second kappa shape index (κ2) is 8.24. The molecule has 2 atom stereocenters. The van der Waals surface area contributed by atoms with Gasteiger partial charge in [0.2, 0.25) is 10.0 Å². The zero-order valence-corrected chi connectivity index (χ0v) is 18.3. The van der Waals surface area contributed by atoms with Gasteiger partial charge in [0.25, 0.3) is 5.91 Å². The summed E-state index contributed by atoms with van der Waals surface area (Å²) in [7, 11) is -3.28. The van der Waals surface area contributed by atoms with Crippen LogP contribution in [-0.4, -0.2) is 72.2 Å². The van der Waals surface area contributed by atoms with Gasteiger partial charge in [0.05, 0.1) is 5.75 Å². The summed E-state index contributed by atoms with van der Waals surface area (Å²) in [6, 6.07) is 1.72. The maximum atomic E-state index is 13.2. The average molecular weight is 437 g/mol. The Hall–Kier alpha value is -1.45. The van der Waals surface area contributed by atoms with Crippen molar-refractivity contribution in [1.82, 2.24) is 19.7 Å². The number of sulfonamides is 1. The van der Waals surface area contributed by atoms with E-state index >= 15 is 0 Å². The fraction of sp³-hybridized carbons (Fsp3) is 0.810. The highest BCUT2D eigenvalue weighted by atomic mass is 32.2. The van der Waals surface area contributed by atoms with E-state index in [4.69, 9.17) is 4.52 Å². The van der Waals surface area contributed by atoms with Crippen molar-refractivity contribution in [3.8, 4) is 0 Å². The number of amides is 1. The number of piperidine rings is 2. The van der Waals surface area contributed by atoms with Gasteiger partial charge in [-0.15, -0.1) is 0 Å². The van der Waals surface area contributed by atoms with Crippen LogP contribution in [0, 0.1) is 0 Å². The van der Waals surface area contributed by atoms with Crippen LogP contribution in [0.25, 0.3) is 0 Å². The first-order valence-corrected chi connectivity index (χ1v) is 13.1. The molecule has 166 valence electrons. The molecule has 1 amide bonds. The molecular formula is C21H32N4O4S. The highest BCUT2D eigenvalue weighted by Crippen LogP contribution is 2.40. The molecular weight excluding hydrogens is 404 g/mol. The number of nitrogens with zero attached hydrogens (tertiary/aromatic N) is 3. The zero-order valence-electron chi connectivity index (χ0n) is 17.5. The Balaban J connectivity index is 1.21. The number of carbonyl (C=O) groups is 1. The lowest BCUT2D eigenvalue weighted by atomic mass is 9.84. The Morgan fingerprint density at radius 3 is 2.47 bits per heavy atom. The van der Waals surface area contributed by atoms with E-state index in [0.29, 0.717) is 31.0 Å². The molecule has 9 heteroatoms. The van der Waals surface area contributed by atoms with E-state index in [1.165, 1.54) is 12.8 Å². The quantitative estimate of drug-likeness (QED) is 0.703. The maximum Gasteiger partial charge on any atom is 0.273 e. The first-order valence-electron chi connectivity index (χ1n) is 11.5. The van der Waals surface area contributed by atoms with E-state index in [2.05, 4.69) is 15.4 Å². The van der Waals surface area contributed by atoms with E-state index in [-0.39, 0.29) is 29.8 Å². The van der Waals surface area contributed by atoms with Gasteiger partial charge in [0, 0.05) is 36.7 Å². The van der Waals surface area contributed by atoms with Crippen LogP contribution >= 0.6 is 0 Å². The van der Waals surface area contributed by atoms with E-state index in [9.17, 15) is 13.2 Å². The molecule has 3 saturated heterocycles. The lowest BCUT2D eigenvalue weighted by molar-refractivity contribution is 0.0789. The predicted molar refractivity (Wildman–Crippen MR) is 112 cm³/mol. The molecule has 1 N–H and O–H groups in total. The Kier molecular flexibility index (Phi) is 5.62. The van der Waals surface area contributed by atoms with Crippen LogP contribution in [0.3, 0.4) is 0 Å². The summed E-state index contributed by atoms with van der Waals surface area (Å²) in [6.07, 6.45) is 8.71. The molecule has 4 aliphatic rings. The van der Waals surface area contributed by atoms with Crippen LogP contribution < -0.4 is 5.32 Å². The summed E-state index contributed by atoms with van der Waals surface area (Å²) in [5.41, 5.74) is 0.336. The van der Waals surface area contributed by atoms with Crippen molar-refractivity contribution in [2.24, 2.45) is 0 Å². The number of hydrogen-bond donors (Lipinski definition) is 1. The normalized spacial score (nSPS) is 30.5. The standard InChI is InChI=1S/C21H32N4O4S/c26-21(19-14-20(29-23-19)15-6-7-15)22-16-12-17-4-3-5-18(13-16)25(17)30(27,28)11-10-24-8-1-2-9-24/h14-18H,1-13H2,(H,22,26). The van der Waals surface area contributed by atoms with E-state index in [1.54, 1.807) is 10.4 Å². The zero-order chi connectivity index (χ0) is 20.7. The molecule has 0 spiro atoms. The molecule has 4 fully saturated rings. The second-order valence-electron chi connectivity index (χ2n) is 9.46. The van der Waals surface area contributed by atoms with E-state index in [0.717, 1.165) is 51.0 Å². The van der Waals surface area contributed by atoms with Crippen molar-refractivity contribution in [3.63, 3.8) is 0 Å². The summed E-state index contributed by atoms with van der Waals surface area (Å²) < 4.78 is 33.4. The summed E-state index contributed by atoms with van der Waals surface area (Å²) in [4.78, 5) is 14.9. The summed E-state index contributed by atoms with van der Waals surface area (Å²) in [6.45, 7) is 2.66. The van der Waals surface area contributed by atoms with Crippen molar-refractivity contribution < 1.29 is 17.7 Å². The molecule has 5 rings (SSSR count). The van der Waals surface area contributed by atoms with Crippen molar-refractivity contribution in [2.75, 3.05) is 25.4 Å². The molecule has 1 saturated carbocycles. The topological polar surface area (TPSA) is 95.8 Å². The predicted octanol–water partition coefficient (Wildman–Crippen LogP) is 2.09. The number of aromatic nitrogens is 1. The molecule has 30 heavy (non-hydrogen) atoms. The third-order valence-electron chi connectivity index (χ3n) is 7.17. The van der Waals surface area contributed by atoms with Crippen molar-refractivity contribution in [2.45, 2.75) is 81.8 Å². The summed E-state index contributed by atoms with van der Waals surface area (Å²) >= 11 is 0. The fourth-order valence-electron chi connectivity index (χ4n) is 5.48. The third kappa shape index (κ3) is 4.29. The SMILES string of the molecule is O=C(NC1CC2CCCC(C1)N2S(=O)(=O)CCN1CCCC1)c1cc(C2CC2)on1. The van der Waals surface area contributed by atoms with Crippen molar-refractivity contribution in [3.05, 3.63) is 17.5 Å². The lowest BCUT2D eigenvalue weighted by Gasteiger charge is -2.47. The van der Waals surface area contributed by atoms with Crippen LogP contribution in [-0.2, 0) is 10.0 Å². The minimum absolute atomic E-state index is 0.00860. The maximum absolute atomic E-state index is 13.2. The van der Waals surface area contributed by atoms with Gasteiger partial charge in [-0.05, 0) is 64.5 Å². The number of nitrogens with one attached hydrogen (secondary N) is 1. The van der Waals surface area contributed by atoms with Gasteiger partial charge in [0.1, 0.15) is 5.76 Å². The number of carbonyl (C=O) groups excluding carboxylic acids is 1. The van der Waals surface area contributed by atoms with Gasteiger partial charge in [-0.3, -0.25) is 4.79 Å². The van der Waals surface area contributed by atoms with E-state index < -0.39 is 10.0 Å². The van der Waals surface area contributed by atoms with Gasteiger partial charge in [-0.25, -0.2) is 8.42 Å². The molecule has 1 aromatic heterocycles. The fourth-order valence-corrected chi connectivity index (χ4v) is 7.47. The number of likely N-dealkylation sites (tertiary alicyclic amines) is 1. The Bertz CT molecular complexity index is 861. The van der Waals surface area contributed by atoms with Crippen molar-refractivity contribution >= 4 is 15.9 Å². The molecule has 3 aliphatic heterocycles. The largest absolute Gasteiger partial charge is 0.360 e. The number of fused-ring (bicyclic) bond motifs is 2. The Morgan fingerprint density at radius 1 is 1.10 bits per heavy atom. The molecule has 4 heterocycles. The lowest BCUT2D eigenvalue weighted by Crippen LogP contribution is -2.59. The smallest absolute Gasteiger partial charge is 0.273 e. The van der Waals surface area contributed by atoms with Crippen molar-refractivity contribution in [1.29, 1.82) is 0 Å². The van der Waals surface area contributed by atoms with E-state index in [1.807, 2.05) is 0 Å². The highest BCUT2D eigenvalue weighted by Gasteiger charge is 2.44. The van der Waals surface area contributed by atoms with Crippen LogP contribution in [0.1, 0.15) is 80.0 Å². The first kappa shape index (κ1) is 20.5. The third-order valence-corrected chi connectivity index (χ3v) is 9.11. The van der Waals surface area contributed by atoms with Gasteiger partial charge in [-0.2, -0.15) is 4.31 Å². The van der Waals surface area contributed by atoms with Crippen LogP contribution in [0.2, 0.25) is 0 Å². The second-order valence-corrected chi connectivity index (χ2v) is 11.5. The highest BCUT2D eigenvalue weighted by molar-refractivity contribution is 7.89. The minimum Gasteiger partial charge on any atom is -0.360 e.